The lowest BCUT2D eigenvalue weighted by Gasteiger charge is -2.08. The average molecular weight is 251 g/mol. The van der Waals surface area contributed by atoms with E-state index in [1.54, 1.807) is 12.1 Å². The van der Waals surface area contributed by atoms with Gasteiger partial charge in [-0.25, -0.2) is 9.37 Å². The Balaban J connectivity index is 2.09. The second kappa shape index (κ2) is 5.44. The quantitative estimate of drug-likeness (QED) is 0.783. The van der Waals surface area contributed by atoms with Crippen LogP contribution in [0.25, 0.3) is 0 Å². The van der Waals surface area contributed by atoms with Gasteiger partial charge in [-0.2, -0.15) is 4.39 Å². The van der Waals surface area contributed by atoms with Crippen LogP contribution in [0.3, 0.4) is 0 Å². The van der Waals surface area contributed by atoms with Crippen LogP contribution >= 0.6 is 0 Å². The Morgan fingerprint density at radius 2 is 2.06 bits per heavy atom. The standard InChI is InChI=1S/C13H11F2NO2/c1-17-10-5-4-9(11(14)7-10)8-18-12-3-2-6-16-13(12)15/h2-7H,8H2,1H3. The minimum absolute atomic E-state index is 0.00674. The fourth-order valence-corrected chi connectivity index (χ4v) is 1.41. The normalized spacial score (nSPS) is 10.2. The number of nitrogens with zero attached hydrogens (tertiary/aromatic N) is 1. The highest BCUT2D eigenvalue weighted by molar-refractivity contribution is 5.29. The number of hydrogen-bond acceptors (Lipinski definition) is 3. The molecule has 1 heterocycles. The zero-order valence-electron chi connectivity index (χ0n) is 9.69. The Morgan fingerprint density at radius 3 is 2.72 bits per heavy atom. The zero-order chi connectivity index (χ0) is 13.0. The molecule has 0 saturated heterocycles. The van der Waals surface area contributed by atoms with E-state index < -0.39 is 11.8 Å². The van der Waals surface area contributed by atoms with Crippen LogP contribution in [-0.4, -0.2) is 12.1 Å². The molecule has 0 aliphatic rings. The first kappa shape index (κ1) is 12.3. The highest BCUT2D eigenvalue weighted by Gasteiger charge is 2.07. The summed E-state index contributed by atoms with van der Waals surface area (Å²) < 4.78 is 36.8. The summed E-state index contributed by atoms with van der Waals surface area (Å²) in [4.78, 5) is 3.44. The molecule has 2 rings (SSSR count). The van der Waals surface area contributed by atoms with Gasteiger partial charge in [0.05, 0.1) is 7.11 Å². The lowest BCUT2D eigenvalue weighted by atomic mass is 10.2. The zero-order valence-corrected chi connectivity index (χ0v) is 9.69. The van der Waals surface area contributed by atoms with E-state index in [2.05, 4.69) is 4.98 Å². The molecule has 2 aromatic rings. The van der Waals surface area contributed by atoms with E-state index in [0.717, 1.165) is 0 Å². The van der Waals surface area contributed by atoms with E-state index >= 15 is 0 Å². The summed E-state index contributed by atoms with van der Waals surface area (Å²) in [6.45, 7) is -0.0710. The van der Waals surface area contributed by atoms with Gasteiger partial charge in [-0.3, -0.25) is 0 Å². The molecule has 0 amide bonds. The Kier molecular flexibility index (Phi) is 3.72. The minimum atomic E-state index is -0.716. The van der Waals surface area contributed by atoms with Gasteiger partial charge in [-0.05, 0) is 24.3 Å². The Bertz CT molecular complexity index is 546. The number of rotatable bonds is 4. The first-order valence-corrected chi connectivity index (χ1v) is 5.26. The lowest BCUT2D eigenvalue weighted by Crippen LogP contribution is -2.01. The fourth-order valence-electron chi connectivity index (χ4n) is 1.41. The number of ether oxygens (including phenoxy) is 2. The van der Waals surface area contributed by atoms with Crippen LogP contribution in [0.15, 0.2) is 36.5 Å². The number of aromatic nitrogens is 1. The SMILES string of the molecule is COc1ccc(COc2cccnc2F)c(F)c1. The van der Waals surface area contributed by atoms with Crippen molar-refractivity contribution in [1.29, 1.82) is 0 Å². The molecule has 0 N–H and O–H groups in total. The Hall–Kier alpha value is -2.17. The molecule has 5 heteroatoms. The van der Waals surface area contributed by atoms with Crippen molar-refractivity contribution in [2.45, 2.75) is 6.61 Å². The molecule has 0 saturated carbocycles. The molecule has 0 aliphatic heterocycles. The molecule has 3 nitrogen and oxygen atoms in total. The highest BCUT2D eigenvalue weighted by Crippen LogP contribution is 2.19. The van der Waals surface area contributed by atoms with Crippen molar-refractivity contribution < 1.29 is 18.3 Å². The van der Waals surface area contributed by atoms with Crippen LogP contribution in [0.1, 0.15) is 5.56 Å². The predicted octanol–water partition coefficient (Wildman–Crippen LogP) is 2.95. The summed E-state index contributed by atoms with van der Waals surface area (Å²) in [6.07, 6.45) is 1.32. The van der Waals surface area contributed by atoms with E-state index in [9.17, 15) is 8.78 Å². The van der Waals surface area contributed by atoms with Gasteiger partial charge in [0.25, 0.3) is 5.95 Å². The molecule has 0 radical (unpaired) electrons. The van der Waals surface area contributed by atoms with Crippen LogP contribution < -0.4 is 9.47 Å². The molecule has 0 unspecified atom stereocenters. The summed E-state index contributed by atoms with van der Waals surface area (Å²) in [5, 5.41) is 0. The third-order valence-corrected chi connectivity index (χ3v) is 2.37. The smallest absolute Gasteiger partial charge is 0.255 e. The van der Waals surface area contributed by atoms with Crippen LogP contribution in [0.5, 0.6) is 11.5 Å². The molecule has 1 aromatic heterocycles. The topological polar surface area (TPSA) is 31.4 Å². The molecule has 18 heavy (non-hydrogen) atoms. The summed E-state index contributed by atoms with van der Waals surface area (Å²) in [6, 6.07) is 7.37. The van der Waals surface area contributed by atoms with Crippen LogP contribution in [0, 0.1) is 11.8 Å². The van der Waals surface area contributed by atoms with E-state index in [1.165, 1.54) is 31.5 Å². The van der Waals surface area contributed by atoms with Gasteiger partial charge in [0.1, 0.15) is 18.2 Å². The van der Waals surface area contributed by atoms with E-state index in [4.69, 9.17) is 9.47 Å². The van der Waals surface area contributed by atoms with Crippen molar-refractivity contribution in [3.63, 3.8) is 0 Å². The first-order valence-electron chi connectivity index (χ1n) is 5.26. The number of benzene rings is 1. The lowest BCUT2D eigenvalue weighted by molar-refractivity contribution is 0.280. The second-order valence-corrected chi connectivity index (χ2v) is 3.54. The van der Waals surface area contributed by atoms with Gasteiger partial charge >= 0.3 is 0 Å². The fraction of sp³-hybridized carbons (Fsp3) is 0.154. The molecule has 0 aliphatic carbocycles. The number of hydrogen-bond donors (Lipinski definition) is 0. The van der Waals surface area contributed by atoms with Gasteiger partial charge in [-0.1, -0.05) is 0 Å². The Labute approximate surface area is 103 Å². The van der Waals surface area contributed by atoms with Gasteiger partial charge in [0.15, 0.2) is 5.75 Å². The van der Waals surface area contributed by atoms with E-state index in [0.29, 0.717) is 11.3 Å². The van der Waals surface area contributed by atoms with Crippen LogP contribution in [0.4, 0.5) is 8.78 Å². The van der Waals surface area contributed by atoms with Crippen molar-refractivity contribution in [1.82, 2.24) is 4.98 Å². The highest BCUT2D eigenvalue weighted by atomic mass is 19.1. The first-order chi connectivity index (χ1) is 8.70. The molecular formula is C13H11F2NO2. The minimum Gasteiger partial charge on any atom is -0.497 e. The molecule has 0 spiro atoms. The van der Waals surface area contributed by atoms with Gasteiger partial charge in [0.2, 0.25) is 0 Å². The third-order valence-electron chi connectivity index (χ3n) is 2.37. The van der Waals surface area contributed by atoms with Crippen LogP contribution in [-0.2, 0) is 6.61 Å². The van der Waals surface area contributed by atoms with Crippen molar-refractivity contribution in [2.75, 3.05) is 7.11 Å². The average Bonchev–Trinajstić information content (AvgIpc) is 2.39. The number of methoxy groups -OCH3 is 1. The van der Waals surface area contributed by atoms with Gasteiger partial charge in [0, 0.05) is 17.8 Å². The molecule has 94 valence electrons. The summed E-state index contributed by atoms with van der Waals surface area (Å²) in [7, 11) is 1.45. The molecule has 0 atom stereocenters. The van der Waals surface area contributed by atoms with E-state index in [1.807, 2.05) is 0 Å². The van der Waals surface area contributed by atoms with Gasteiger partial charge < -0.3 is 9.47 Å². The molecule has 0 bridgehead atoms. The largest absolute Gasteiger partial charge is 0.497 e. The summed E-state index contributed by atoms with van der Waals surface area (Å²) in [5.41, 5.74) is 0.319. The van der Waals surface area contributed by atoms with Crippen molar-refractivity contribution >= 4 is 0 Å². The molecule has 0 fully saturated rings. The predicted molar refractivity (Wildman–Crippen MR) is 61.5 cm³/mol. The van der Waals surface area contributed by atoms with Crippen molar-refractivity contribution in [2.24, 2.45) is 0 Å². The maximum absolute atomic E-state index is 13.6. The van der Waals surface area contributed by atoms with E-state index in [-0.39, 0.29) is 12.4 Å². The third kappa shape index (κ3) is 2.74. The number of halogens is 2. The van der Waals surface area contributed by atoms with Gasteiger partial charge in [-0.15, -0.1) is 0 Å². The Morgan fingerprint density at radius 1 is 1.22 bits per heavy atom. The maximum Gasteiger partial charge on any atom is 0.255 e. The van der Waals surface area contributed by atoms with Crippen molar-refractivity contribution in [3.8, 4) is 11.5 Å². The summed E-state index contributed by atoms with van der Waals surface area (Å²) >= 11 is 0. The molecular weight excluding hydrogens is 240 g/mol. The number of pyridine rings is 1. The summed E-state index contributed by atoms with van der Waals surface area (Å²) in [5.74, 6) is -0.762. The maximum atomic E-state index is 13.6. The monoisotopic (exact) mass is 251 g/mol. The van der Waals surface area contributed by atoms with Crippen molar-refractivity contribution in [3.05, 3.63) is 53.9 Å². The van der Waals surface area contributed by atoms with Crippen LogP contribution in [0.2, 0.25) is 0 Å². The molecule has 1 aromatic carbocycles. The second-order valence-electron chi connectivity index (χ2n) is 3.54.